The molecule has 0 aliphatic rings. The molecular weight excluding hydrogens is 190 g/mol. The molecule has 0 radical (unpaired) electrons. The maximum atomic E-state index is 11.5. The fraction of sp³-hybridized carbons (Fsp3) is 0.917. The van der Waals surface area contributed by atoms with E-state index in [1.165, 1.54) is 0 Å². The summed E-state index contributed by atoms with van der Waals surface area (Å²) in [6, 6.07) is -0.149. The summed E-state index contributed by atoms with van der Waals surface area (Å²) in [5.41, 5.74) is 5.85. The lowest BCUT2D eigenvalue weighted by Gasteiger charge is -2.27. The molecule has 3 heteroatoms. The zero-order valence-electron chi connectivity index (χ0n) is 10.8. The summed E-state index contributed by atoms with van der Waals surface area (Å²) in [5.74, 6) is 0.151. The average molecular weight is 215 g/mol. The molecule has 0 rings (SSSR count). The Bertz CT molecular complexity index is 206. The van der Waals surface area contributed by atoms with Gasteiger partial charge in [-0.05, 0) is 18.3 Å². The van der Waals surface area contributed by atoms with Crippen LogP contribution in [0.1, 0.15) is 48.0 Å². The van der Waals surface area contributed by atoms with E-state index in [2.05, 4.69) is 0 Å². The molecule has 0 fully saturated rings. The van der Waals surface area contributed by atoms with Gasteiger partial charge in [-0.15, -0.1) is 0 Å². The van der Waals surface area contributed by atoms with E-state index in [0.717, 1.165) is 0 Å². The van der Waals surface area contributed by atoms with Gasteiger partial charge in [-0.1, -0.05) is 34.6 Å². The Morgan fingerprint density at radius 3 is 2.07 bits per heavy atom. The first kappa shape index (κ1) is 14.4. The fourth-order valence-corrected chi connectivity index (χ4v) is 0.877. The van der Waals surface area contributed by atoms with Gasteiger partial charge in [0.05, 0.1) is 6.42 Å². The minimum atomic E-state index is -0.196. The van der Waals surface area contributed by atoms with Crippen LogP contribution in [0.4, 0.5) is 0 Å². The average Bonchev–Trinajstić information content (AvgIpc) is 2.01. The van der Waals surface area contributed by atoms with Gasteiger partial charge in [-0.2, -0.15) is 0 Å². The molecule has 2 N–H and O–H groups in total. The van der Waals surface area contributed by atoms with E-state index in [-0.39, 0.29) is 23.5 Å². The fourth-order valence-electron chi connectivity index (χ4n) is 0.877. The third-order valence-corrected chi connectivity index (χ3v) is 2.76. The zero-order chi connectivity index (χ0) is 12.2. The highest BCUT2D eigenvalue weighted by Crippen LogP contribution is 2.20. The summed E-state index contributed by atoms with van der Waals surface area (Å²) in [6.45, 7) is 12.0. The van der Waals surface area contributed by atoms with E-state index in [9.17, 15) is 4.79 Å². The van der Waals surface area contributed by atoms with E-state index >= 15 is 0 Å². The number of ether oxygens (including phenoxy) is 1. The van der Waals surface area contributed by atoms with Crippen molar-refractivity contribution in [1.82, 2.24) is 0 Å². The van der Waals surface area contributed by atoms with Crippen LogP contribution >= 0.6 is 0 Å². The standard InChI is InChI=1S/C12H25NO2/c1-8(2)9(3)15-11(14)7-10(13)12(4,5)6/h8-10H,7,13H2,1-6H3. The molecule has 0 spiro atoms. The molecule has 0 saturated carbocycles. The maximum absolute atomic E-state index is 11.5. The van der Waals surface area contributed by atoms with Gasteiger partial charge in [-0.25, -0.2) is 0 Å². The Kier molecular flexibility index (Phi) is 5.29. The number of rotatable bonds is 4. The van der Waals surface area contributed by atoms with Crippen LogP contribution in [-0.4, -0.2) is 18.1 Å². The number of carbonyl (C=O) groups is 1. The molecule has 0 aromatic carbocycles. The second kappa shape index (κ2) is 5.50. The predicted octanol–water partition coefficient (Wildman–Crippen LogP) is 2.34. The van der Waals surface area contributed by atoms with Gasteiger partial charge < -0.3 is 10.5 Å². The molecule has 0 saturated heterocycles. The lowest BCUT2D eigenvalue weighted by Crippen LogP contribution is -2.38. The van der Waals surface area contributed by atoms with Crippen LogP contribution in [-0.2, 0) is 9.53 Å². The van der Waals surface area contributed by atoms with Crippen molar-refractivity contribution in [2.24, 2.45) is 17.1 Å². The van der Waals surface area contributed by atoms with Crippen LogP contribution in [0.2, 0.25) is 0 Å². The highest BCUT2D eigenvalue weighted by Gasteiger charge is 2.24. The molecule has 2 atom stereocenters. The quantitative estimate of drug-likeness (QED) is 0.732. The Morgan fingerprint density at radius 2 is 1.73 bits per heavy atom. The van der Waals surface area contributed by atoms with Crippen LogP contribution in [0.25, 0.3) is 0 Å². The molecule has 0 aromatic heterocycles. The highest BCUT2D eigenvalue weighted by molar-refractivity contribution is 5.70. The monoisotopic (exact) mass is 215 g/mol. The van der Waals surface area contributed by atoms with Crippen LogP contribution in [0.3, 0.4) is 0 Å². The van der Waals surface area contributed by atoms with Gasteiger partial charge >= 0.3 is 5.97 Å². The normalized spacial score (nSPS) is 16.3. The lowest BCUT2D eigenvalue weighted by atomic mass is 9.85. The first-order chi connectivity index (χ1) is 6.64. The van der Waals surface area contributed by atoms with Gasteiger partial charge in [0.1, 0.15) is 6.10 Å². The van der Waals surface area contributed by atoms with Gasteiger partial charge in [-0.3, -0.25) is 4.79 Å². The van der Waals surface area contributed by atoms with E-state index in [4.69, 9.17) is 10.5 Å². The third-order valence-electron chi connectivity index (χ3n) is 2.76. The summed E-state index contributed by atoms with van der Waals surface area (Å²) in [6.07, 6.45) is 0.255. The largest absolute Gasteiger partial charge is 0.462 e. The van der Waals surface area contributed by atoms with Gasteiger partial charge in [0, 0.05) is 6.04 Å². The molecule has 15 heavy (non-hydrogen) atoms. The minimum absolute atomic E-state index is 0.0373. The van der Waals surface area contributed by atoms with Crippen LogP contribution < -0.4 is 5.73 Å². The van der Waals surface area contributed by atoms with Gasteiger partial charge in [0.2, 0.25) is 0 Å². The van der Waals surface area contributed by atoms with Crippen molar-refractivity contribution >= 4 is 5.97 Å². The van der Waals surface area contributed by atoms with E-state index < -0.39 is 0 Å². The van der Waals surface area contributed by atoms with Crippen molar-refractivity contribution in [2.45, 2.75) is 60.1 Å². The minimum Gasteiger partial charge on any atom is -0.462 e. The van der Waals surface area contributed by atoms with Crippen molar-refractivity contribution in [3.63, 3.8) is 0 Å². The molecule has 0 amide bonds. The molecule has 0 aliphatic carbocycles. The molecule has 0 heterocycles. The Labute approximate surface area is 93.4 Å². The molecule has 2 unspecified atom stereocenters. The first-order valence-corrected chi connectivity index (χ1v) is 5.59. The van der Waals surface area contributed by atoms with Gasteiger partial charge in [0.25, 0.3) is 0 Å². The number of carbonyl (C=O) groups excluding carboxylic acids is 1. The summed E-state index contributed by atoms with van der Waals surface area (Å²) >= 11 is 0. The van der Waals surface area contributed by atoms with Crippen molar-refractivity contribution in [3.05, 3.63) is 0 Å². The van der Waals surface area contributed by atoms with Crippen LogP contribution in [0.5, 0.6) is 0 Å². The molecular formula is C12H25NO2. The van der Waals surface area contributed by atoms with Crippen molar-refractivity contribution in [2.75, 3.05) is 0 Å². The second-order valence-corrected chi connectivity index (χ2v) is 5.62. The first-order valence-electron chi connectivity index (χ1n) is 5.59. The number of nitrogens with two attached hydrogens (primary N) is 1. The van der Waals surface area contributed by atoms with E-state index in [0.29, 0.717) is 12.3 Å². The molecule has 3 nitrogen and oxygen atoms in total. The van der Waals surface area contributed by atoms with Crippen molar-refractivity contribution in [3.8, 4) is 0 Å². The Balaban J connectivity index is 4.05. The Hall–Kier alpha value is -0.570. The Morgan fingerprint density at radius 1 is 1.27 bits per heavy atom. The summed E-state index contributed by atoms with van der Waals surface area (Å²) in [7, 11) is 0. The highest BCUT2D eigenvalue weighted by atomic mass is 16.5. The predicted molar refractivity (Wildman–Crippen MR) is 62.4 cm³/mol. The smallest absolute Gasteiger partial charge is 0.307 e. The van der Waals surface area contributed by atoms with Crippen LogP contribution in [0, 0.1) is 11.3 Å². The van der Waals surface area contributed by atoms with E-state index in [1.54, 1.807) is 0 Å². The van der Waals surface area contributed by atoms with Gasteiger partial charge in [0.15, 0.2) is 0 Å². The SMILES string of the molecule is CC(C)C(C)OC(=O)CC(N)C(C)(C)C. The third kappa shape index (κ3) is 5.78. The van der Waals surface area contributed by atoms with Crippen LogP contribution in [0.15, 0.2) is 0 Å². The number of hydrogen-bond acceptors (Lipinski definition) is 3. The summed E-state index contributed by atoms with van der Waals surface area (Å²) in [4.78, 5) is 11.5. The van der Waals surface area contributed by atoms with Crippen molar-refractivity contribution in [1.29, 1.82) is 0 Å². The molecule has 90 valence electrons. The zero-order valence-corrected chi connectivity index (χ0v) is 10.8. The second-order valence-electron chi connectivity index (χ2n) is 5.62. The van der Waals surface area contributed by atoms with E-state index in [1.807, 2.05) is 41.5 Å². The number of hydrogen-bond donors (Lipinski definition) is 1. The summed E-state index contributed by atoms with van der Waals surface area (Å²) in [5, 5.41) is 0. The lowest BCUT2D eigenvalue weighted by molar-refractivity contribution is -0.151. The number of esters is 1. The molecule has 0 aliphatic heterocycles. The topological polar surface area (TPSA) is 52.3 Å². The molecule has 0 aromatic rings. The maximum Gasteiger partial charge on any atom is 0.307 e. The summed E-state index contributed by atoms with van der Waals surface area (Å²) < 4.78 is 5.26. The molecule has 0 bridgehead atoms. The van der Waals surface area contributed by atoms with Crippen molar-refractivity contribution < 1.29 is 9.53 Å².